The fourth-order valence-electron chi connectivity index (χ4n) is 9.45. The number of aromatic nitrogens is 2. The van der Waals surface area contributed by atoms with Gasteiger partial charge >= 0.3 is 0 Å². The molecule has 0 spiro atoms. The zero-order chi connectivity index (χ0) is 38.0. The molecular weight excluding hydrogens is 697 g/mol. The lowest BCUT2D eigenvalue weighted by molar-refractivity contribution is 0.0934. The molecule has 8 heteroatoms. The van der Waals surface area contributed by atoms with Gasteiger partial charge in [0.1, 0.15) is 0 Å². The smallest absolute Gasteiger partial charge is 0.263 e. The van der Waals surface area contributed by atoms with Gasteiger partial charge in [0, 0.05) is 43.9 Å². The molecule has 0 radical (unpaired) electrons. The van der Waals surface area contributed by atoms with Crippen LogP contribution in [0.3, 0.4) is 0 Å². The maximum absolute atomic E-state index is 14.6. The van der Waals surface area contributed by atoms with Crippen molar-refractivity contribution in [2.24, 2.45) is 0 Å². The number of amides is 1. The van der Waals surface area contributed by atoms with Gasteiger partial charge in [-0.15, -0.1) is 0 Å². The highest BCUT2D eigenvalue weighted by Gasteiger charge is 2.42. The van der Waals surface area contributed by atoms with Crippen molar-refractivity contribution >= 4 is 60.9 Å². The van der Waals surface area contributed by atoms with Crippen molar-refractivity contribution in [1.29, 1.82) is 0 Å². The van der Waals surface area contributed by atoms with Gasteiger partial charge in [0.15, 0.2) is 18.7 Å². The van der Waals surface area contributed by atoms with E-state index in [1.807, 2.05) is 111 Å². The first-order chi connectivity index (χ1) is 27.3. The van der Waals surface area contributed by atoms with E-state index in [0.717, 1.165) is 54.9 Å². The van der Waals surface area contributed by atoms with Crippen LogP contribution in [0.15, 0.2) is 146 Å². The Morgan fingerprint density at radius 3 is 1.45 bits per heavy atom. The Morgan fingerprint density at radius 1 is 0.446 bits per heavy atom. The summed E-state index contributed by atoms with van der Waals surface area (Å²) >= 11 is 0. The van der Waals surface area contributed by atoms with Crippen molar-refractivity contribution < 1.29 is 20.1 Å². The van der Waals surface area contributed by atoms with Crippen molar-refractivity contribution in [3.05, 3.63) is 179 Å². The minimum absolute atomic E-state index is 0.301. The third kappa shape index (κ3) is 4.31. The number of anilines is 2. The van der Waals surface area contributed by atoms with Crippen LogP contribution in [0.1, 0.15) is 56.9 Å². The lowest BCUT2D eigenvalue weighted by Crippen LogP contribution is -2.30. The van der Waals surface area contributed by atoms with Crippen LogP contribution in [0.4, 0.5) is 11.4 Å². The second-order valence-corrected chi connectivity index (χ2v) is 14.9. The normalized spacial score (nSPS) is 17.9. The molecule has 8 nitrogen and oxygen atoms in total. The first-order valence-electron chi connectivity index (χ1n) is 18.8. The zero-order valence-electron chi connectivity index (χ0n) is 30.6. The van der Waals surface area contributed by atoms with E-state index in [-0.39, 0.29) is 5.91 Å². The van der Waals surface area contributed by atoms with Gasteiger partial charge in [-0.2, -0.15) is 0 Å². The fraction of sp³-hybridized carbons (Fsp3) is 0.104. The van der Waals surface area contributed by atoms with E-state index in [9.17, 15) is 20.1 Å². The number of aliphatic hydroxyl groups excluding tert-OH is 3. The molecule has 2 aliphatic rings. The number of carbonyl (C=O) groups is 1. The number of aryl methyl sites for hydroxylation is 2. The summed E-state index contributed by atoms with van der Waals surface area (Å²) in [5.41, 5.74) is 10.3. The quantitative estimate of drug-likeness (QED) is 0.168. The Hall–Kier alpha value is -6.71. The molecule has 0 fully saturated rings. The van der Waals surface area contributed by atoms with Crippen LogP contribution in [0.2, 0.25) is 0 Å². The summed E-state index contributed by atoms with van der Waals surface area (Å²) in [6.45, 7) is 3.79. The van der Waals surface area contributed by atoms with E-state index in [0.29, 0.717) is 44.9 Å². The molecule has 4 heterocycles. The number of hydrogen-bond acceptors (Lipinski definition) is 5. The molecule has 272 valence electrons. The van der Waals surface area contributed by atoms with E-state index in [1.54, 1.807) is 4.90 Å². The monoisotopic (exact) mass is 732 g/mol. The van der Waals surface area contributed by atoms with Crippen molar-refractivity contribution in [2.45, 2.75) is 32.5 Å². The van der Waals surface area contributed by atoms with Crippen molar-refractivity contribution in [1.82, 2.24) is 9.13 Å². The van der Waals surface area contributed by atoms with Crippen LogP contribution in [0, 0.1) is 13.8 Å². The third-order valence-electron chi connectivity index (χ3n) is 11.9. The van der Waals surface area contributed by atoms with Gasteiger partial charge in [-0.1, -0.05) is 97.1 Å². The van der Waals surface area contributed by atoms with E-state index in [2.05, 4.69) is 57.7 Å². The molecule has 11 rings (SSSR count). The summed E-state index contributed by atoms with van der Waals surface area (Å²) in [6, 6.07) is 47.9. The molecular formula is C48H36N4O4. The summed E-state index contributed by atoms with van der Waals surface area (Å²) in [6.07, 6.45) is -3.51. The Balaban J connectivity index is 0.996. The molecule has 56 heavy (non-hydrogen) atoms. The van der Waals surface area contributed by atoms with E-state index in [4.69, 9.17) is 0 Å². The molecule has 9 aromatic rings. The molecule has 1 amide bonds. The molecule has 2 aromatic heterocycles. The molecule has 3 N–H and O–H groups in total. The highest BCUT2D eigenvalue weighted by molar-refractivity contribution is 6.16. The van der Waals surface area contributed by atoms with Crippen LogP contribution in [-0.2, 0) is 0 Å². The molecule has 0 aliphatic carbocycles. The number of para-hydroxylation sites is 4. The maximum atomic E-state index is 14.6. The van der Waals surface area contributed by atoms with Gasteiger partial charge in [0.25, 0.3) is 5.91 Å². The SMILES string of the molecule is Cc1cc(N2C(O)c3cccc(-n4c5ccccc5c5ccccc54)c3C2O)c(C)cc1N1C(=O)c2c(cccc2-n2c3ccccc3c3ccccc32)C1O. The minimum Gasteiger partial charge on any atom is -0.369 e. The second-order valence-electron chi connectivity index (χ2n) is 14.9. The topological polar surface area (TPSA) is 94.1 Å². The van der Waals surface area contributed by atoms with Gasteiger partial charge in [-0.25, -0.2) is 0 Å². The molecule has 2 aliphatic heterocycles. The van der Waals surface area contributed by atoms with Crippen molar-refractivity contribution in [3.8, 4) is 11.4 Å². The summed E-state index contributed by atoms with van der Waals surface area (Å²) in [5, 5.41) is 40.4. The molecule has 0 bridgehead atoms. The Morgan fingerprint density at radius 2 is 0.893 bits per heavy atom. The average molecular weight is 733 g/mol. The molecule has 3 unspecified atom stereocenters. The number of aliphatic hydroxyl groups is 3. The Bertz CT molecular complexity index is 3020. The highest BCUT2D eigenvalue weighted by Crippen LogP contribution is 2.49. The molecule has 0 saturated carbocycles. The van der Waals surface area contributed by atoms with Crippen molar-refractivity contribution in [3.63, 3.8) is 0 Å². The first-order valence-corrected chi connectivity index (χ1v) is 18.8. The number of rotatable bonds is 4. The number of carbonyl (C=O) groups excluding carboxylic acids is 1. The van der Waals surface area contributed by atoms with Gasteiger partial charge in [-0.3, -0.25) is 9.69 Å². The zero-order valence-corrected chi connectivity index (χ0v) is 30.6. The van der Waals surface area contributed by atoms with Crippen LogP contribution in [0.25, 0.3) is 55.0 Å². The summed E-state index contributed by atoms with van der Waals surface area (Å²) < 4.78 is 4.27. The van der Waals surface area contributed by atoms with Gasteiger partial charge in [0.2, 0.25) is 0 Å². The van der Waals surface area contributed by atoms with E-state index >= 15 is 0 Å². The molecule has 0 saturated heterocycles. The van der Waals surface area contributed by atoms with Crippen molar-refractivity contribution in [2.75, 3.05) is 9.80 Å². The van der Waals surface area contributed by atoms with Gasteiger partial charge in [-0.05, 0) is 73.5 Å². The summed E-state index contributed by atoms with van der Waals surface area (Å²) in [5.74, 6) is -0.301. The lowest BCUT2D eigenvalue weighted by atomic mass is 10.1. The van der Waals surface area contributed by atoms with E-state index < -0.39 is 18.7 Å². The number of fused-ring (bicyclic) bond motifs is 8. The third-order valence-corrected chi connectivity index (χ3v) is 11.9. The maximum Gasteiger partial charge on any atom is 0.263 e. The first kappa shape index (κ1) is 32.7. The lowest BCUT2D eigenvalue weighted by Gasteiger charge is -2.31. The fourth-order valence-corrected chi connectivity index (χ4v) is 9.45. The second kappa shape index (κ2) is 11.9. The summed E-state index contributed by atoms with van der Waals surface area (Å²) in [4.78, 5) is 17.7. The van der Waals surface area contributed by atoms with Crippen LogP contribution in [0.5, 0.6) is 0 Å². The van der Waals surface area contributed by atoms with Crippen LogP contribution in [-0.4, -0.2) is 30.4 Å². The predicted octanol–water partition coefficient (Wildman–Crippen LogP) is 9.65. The predicted molar refractivity (Wildman–Crippen MR) is 222 cm³/mol. The number of hydrogen-bond donors (Lipinski definition) is 3. The standard InChI is InChI=1S/C48H36N4O4/c1-27-25-42(52-46(54)34-18-12-24-40(44(34)48(52)56)50-37-21-9-5-15-31(37)32-16-6-10-22-38(32)50)28(2)26-41(27)51-45(53)33-17-11-23-39(43(33)47(51)55)49-35-19-7-3-13-29(35)30-14-4-8-20-36(30)49/h3-26,45-47,53-55H,1-2H3. The van der Waals surface area contributed by atoms with Crippen LogP contribution >= 0.6 is 0 Å². The summed E-state index contributed by atoms with van der Waals surface area (Å²) in [7, 11) is 0. The molecule has 7 aromatic carbocycles. The van der Waals surface area contributed by atoms with Crippen LogP contribution < -0.4 is 9.80 Å². The Kier molecular flexibility index (Phi) is 6.94. The van der Waals surface area contributed by atoms with Gasteiger partial charge in [0.05, 0.1) is 44.7 Å². The average Bonchev–Trinajstić information content (AvgIpc) is 3.90. The number of nitrogens with zero attached hydrogens (tertiary/aromatic N) is 4. The minimum atomic E-state index is -1.21. The Labute approximate surface area is 321 Å². The highest BCUT2D eigenvalue weighted by atomic mass is 16.3. The molecule has 3 atom stereocenters. The van der Waals surface area contributed by atoms with Gasteiger partial charge < -0.3 is 29.4 Å². The largest absolute Gasteiger partial charge is 0.369 e. The van der Waals surface area contributed by atoms with E-state index in [1.165, 1.54) is 4.90 Å². The number of benzene rings is 7.